The Morgan fingerprint density at radius 2 is 1.75 bits per heavy atom. The summed E-state index contributed by atoms with van der Waals surface area (Å²) in [6.07, 6.45) is 3.53. The number of anilines is 1. The molecule has 0 unspecified atom stereocenters. The fourth-order valence-corrected chi connectivity index (χ4v) is 4.29. The fraction of sp³-hybridized carbons (Fsp3) is 0.522. The first-order chi connectivity index (χ1) is 15.4. The summed E-state index contributed by atoms with van der Waals surface area (Å²) < 4.78 is 10.1. The van der Waals surface area contributed by atoms with Gasteiger partial charge in [0.2, 0.25) is 5.95 Å². The lowest BCUT2D eigenvalue weighted by Gasteiger charge is -2.24. The van der Waals surface area contributed by atoms with Crippen molar-refractivity contribution in [3.8, 4) is 5.75 Å². The van der Waals surface area contributed by atoms with Gasteiger partial charge in [0.25, 0.3) is 5.56 Å². The molecular formula is C23H31N5O4. The second-order valence-electron chi connectivity index (χ2n) is 8.53. The van der Waals surface area contributed by atoms with Crippen molar-refractivity contribution in [2.45, 2.75) is 45.3 Å². The van der Waals surface area contributed by atoms with Gasteiger partial charge in [-0.1, -0.05) is 31.0 Å². The Morgan fingerprint density at radius 3 is 2.44 bits per heavy atom. The van der Waals surface area contributed by atoms with E-state index < -0.39 is 17.4 Å². The zero-order valence-corrected chi connectivity index (χ0v) is 19.0. The van der Waals surface area contributed by atoms with Crippen LogP contribution in [0.2, 0.25) is 0 Å². The number of benzene rings is 1. The number of fused-ring (bicyclic) bond motifs is 1. The molecule has 0 bridgehead atoms. The number of aryl methyl sites for hydroxylation is 2. The third kappa shape index (κ3) is 4.17. The van der Waals surface area contributed by atoms with Crippen molar-refractivity contribution in [1.82, 2.24) is 18.7 Å². The molecule has 4 rings (SSSR count). The molecule has 1 saturated heterocycles. The van der Waals surface area contributed by atoms with Crippen LogP contribution in [0.15, 0.2) is 33.9 Å². The van der Waals surface area contributed by atoms with Crippen LogP contribution in [0.4, 0.5) is 5.95 Å². The van der Waals surface area contributed by atoms with Gasteiger partial charge in [-0.3, -0.25) is 13.9 Å². The van der Waals surface area contributed by atoms with Gasteiger partial charge in [0.1, 0.15) is 18.5 Å². The summed E-state index contributed by atoms with van der Waals surface area (Å²) in [4.78, 5) is 32.4. The van der Waals surface area contributed by atoms with Crippen LogP contribution in [0.5, 0.6) is 5.75 Å². The van der Waals surface area contributed by atoms with Crippen LogP contribution in [0.25, 0.3) is 11.2 Å². The first kappa shape index (κ1) is 22.1. The van der Waals surface area contributed by atoms with E-state index in [2.05, 4.69) is 4.90 Å². The number of aliphatic hydroxyl groups is 1. The number of imidazole rings is 1. The highest BCUT2D eigenvalue weighted by atomic mass is 16.5. The van der Waals surface area contributed by atoms with E-state index in [0.29, 0.717) is 22.9 Å². The van der Waals surface area contributed by atoms with Crippen LogP contribution in [-0.2, 0) is 20.6 Å². The molecule has 32 heavy (non-hydrogen) atoms. The Kier molecular flexibility index (Phi) is 6.36. The average Bonchev–Trinajstić information content (AvgIpc) is 2.96. The summed E-state index contributed by atoms with van der Waals surface area (Å²) in [5, 5.41) is 10.8. The molecule has 1 aromatic carbocycles. The highest BCUT2D eigenvalue weighted by Gasteiger charge is 2.25. The van der Waals surface area contributed by atoms with E-state index in [1.165, 1.54) is 11.6 Å². The topological polar surface area (TPSA) is 94.5 Å². The van der Waals surface area contributed by atoms with Crippen LogP contribution >= 0.6 is 0 Å². The fourth-order valence-electron chi connectivity index (χ4n) is 4.29. The quantitative estimate of drug-likeness (QED) is 0.624. The SMILES string of the molecule is Cc1ccccc1OC[C@@H](O)Cn1c(N2CCCCCC2)nc2c1c(=O)n(C)c(=O)n2C. The Hall–Kier alpha value is -3.07. The predicted molar refractivity (Wildman–Crippen MR) is 124 cm³/mol. The van der Waals surface area contributed by atoms with E-state index in [4.69, 9.17) is 9.72 Å². The van der Waals surface area contributed by atoms with Crippen molar-refractivity contribution in [3.63, 3.8) is 0 Å². The smallest absolute Gasteiger partial charge is 0.332 e. The van der Waals surface area contributed by atoms with E-state index in [1.54, 1.807) is 11.6 Å². The molecule has 1 N–H and O–H groups in total. The van der Waals surface area contributed by atoms with Gasteiger partial charge >= 0.3 is 5.69 Å². The van der Waals surface area contributed by atoms with Crippen LogP contribution < -0.4 is 20.9 Å². The highest BCUT2D eigenvalue weighted by Crippen LogP contribution is 2.24. The molecule has 1 aliphatic heterocycles. The highest BCUT2D eigenvalue weighted by molar-refractivity contribution is 5.74. The molecule has 0 radical (unpaired) electrons. The third-order valence-electron chi connectivity index (χ3n) is 6.13. The van der Waals surface area contributed by atoms with Gasteiger partial charge in [-0.05, 0) is 31.4 Å². The summed E-state index contributed by atoms with van der Waals surface area (Å²) in [6, 6.07) is 7.64. The minimum atomic E-state index is -0.861. The number of aromatic nitrogens is 4. The lowest BCUT2D eigenvalue weighted by Crippen LogP contribution is -2.38. The molecule has 1 fully saturated rings. The summed E-state index contributed by atoms with van der Waals surface area (Å²) in [7, 11) is 3.08. The van der Waals surface area contributed by atoms with Crippen molar-refractivity contribution in [3.05, 3.63) is 50.7 Å². The van der Waals surface area contributed by atoms with E-state index in [0.717, 1.165) is 48.9 Å². The van der Waals surface area contributed by atoms with E-state index in [-0.39, 0.29) is 13.2 Å². The second-order valence-corrected chi connectivity index (χ2v) is 8.53. The van der Waals surface area contributed by atoms with Gasteiger partial charge in [-0.25, -0.2) is 4.79 Å². The van der Waals surface area contributed by atoms with E-state index in [9.17, 15) is 14.7 Å². The zero-order chi connectivity index (χ0) is 22.8. The number of nitrogens with zero attached hydrogens (tertiary/aromatic N) is 5. The van der Waals surface area contributed by atoms with Gasteiger partial charge in [0.15, 0.2) is 11.2 Å². The summed E-state index contributed by atoms with van der Waals surface area (Å²) in [5.74, 6) is 1.34. The second kappa shape index (κ2) is 9.20. The monoisotopic (exact) mass is 441 g/mol. The average molecular weight is 442 g/mol. The number of para-hydroxylation sites is 1. The maximum atomic E-state index is 13.0. The molecule has 1 aliphatic rings. The van der Waals surface area contributed by atoms with Crippen molar-refractivity contribution in [1.29, 1.82) is 0 Å². The van der Waals surface area contributed by atoms with Gasteiger partial charge in [-0.15, -0.1) is 0 Å². The Balaban J connectivity index is 1.72. The molecule has 0 aliphatic carbocycles. The van der Waals surface area contributed by atoms with Crippen LogP contribution in [-0.4, -0.2) is 49.6 Å². The summed E-state index contributed by atoms with van der Waals surface area (Å²) in [5.41, 5.74) is 0.816. The molecule has 0 saturated carbocycles. The van der Waals surface area contributed by atoms with Crippen molar-refractivity contribution < 1.29 is 9.84 Å². The Labute approximate surface area is 186 Å². The van der Waals surface area contributed by atoms with E-state index >= 15 is 0 Å². The van der Waals surface area contributed by atoms with Crippen LogP contribution in [0.1, 0.15) is 31.2 Å². The zero-order valence-electron chi connectivity index (χ0n) is 19.0. The number of rotatable bonds is 6. The van der Waals surface area contributed by atoms with Gasteiger partial charge in [-0.2, -0.15) is 4.98 Å². The minimum absolute atomic E-state index is 0.0794. The van der Waals surface area contributed by atoms with Crippen molar-refractivity contribution in [2.24, 2.45) is 14.1 Å². The molecule has 172 valence electrons. The maximum absolute atomic E-state index is 13.0. The summed E-state index contributed by atoms with van der Waals surface area (Å²) >= 11 is 0. The molecule has 2 aromatic heterocycles. The molecular weight excluding hydrogens is 410 g/mol. The molecule has 3 heterocycles. The molecule has 3 aromatic rings. The lowest BCUT2D eigenvalue weighted by molar-refractivity contribution is 0.0933. The molecule has 1 atom stereocenters. The standard InChI is InChI=1S/C23H31N5O4/c1-16-10-6-7-11-18(16)32-15-17(29)14-28-19-20(25(2)23(31)26(3)21(19)30)24-22(28)27-12-8-4-5-9-13-27/h6-7,10-11,17,29H,4-5,8-9,12-15H2,1-3H3/t17-/m0/s1. The lowest BCUT2D eigenvalue weighted by atomic mass is 10.2. The number of hydrogen-bond acceptors (Lipinski definition) is 6. The predicted octanol–water partition coefficient (Wildman–Crippen LogP) is 1.56. The Bertz CT molecular complexity index is 1220. The molecule has 9 nitrogen and oxygen atoms in total. The van der Waals surface area contributed by atoms with Crippen molar-refractivity contribution >= 4 is 17.1 Å². The number of hydrogen-bond donors (Lipinski definition) is 1. The first-order valence-corrected chi connectivity index (χ1v) is 11.2. The molecule has 0 spiro atoms. The van der Waals surface area contributed by atoms with Gasteiger partial charge in [0.05, 0.1) is 6.54 Å². The third-order valence-corrected chi connectivity index (χ3v) is 6.13. The largest absolute Gasteiger partial charge is 0.491 e. The maximum Gasteiger partial charge on any atom is 0.332 e. The molecule has 9 heteroatoms. The van der Waals surface area contributed by atoms with E-state index in [1.807, 2.05) is 31.2 Å². The van der Waals surface area contributed by atoms with Crippen LogP contribution in [0, 0.1) is 6.92 Å². The van der Waals surface area contributed by atoms with Crippen molar-refractivity contribution in [2.75, 3.05) is 24.6 Å². The Morgan fingerprint density at radius 1 is 1.06 bits per heavy atom. The van der Waals surface area contributed by atoms with Gasteiger partial charge in [0, 0.05) is 27.2 Å². The minimum Gasteiger partial charge on any atom is -0.491 e. The van der Waals surface area contributed by atoms with Crippen LogP contribution in [0.3, 0.4) is 0 Å². The number of ether oxygens (including phenoxy) is 1. The first-order valence-electron chi connectivity index (χ1n) is 11.2. The number of aliphatic hydroxyl groups excluding tert-OH is 1. The summed E-state index contributed by atoms with van der Waals surface area (Å²) in [6.45, 7) is 3.82. The normalized spacial score (nSPS) is 15.7. The molecule has 0 amide bonds. The van der Waals surface area contributed by atoms with Gasteiger partial charge < -0.3 is 19.3 Å².